The molecule has 2 heterocycles. The number of nitrogens with one attached hydrogen (secondary N) is 1. The second kappa shape index (κ2) is 11.0. The summed E-state index contributed by atoms with van der Waals surface area (Å²) >= 11 is 1.44. The maximum absolute atomic E-state index is 12.0. The van der Waals surface area contributed by atoms with Crippen molar-refractivity contribution in [2.45, 2.75) is 56.9 Å². The van der Waals surface area contributed by atoms with E-state index >= 15 is 0 Å². The van der Waals surface area contributed by atoms with Crippen molar-refractivity contribution in [3.63, 3.8) is 0 Å². The van der Waals surface area contributed by atoms with Crippen molar-refractivity contribution in [1.82, 2.24) is 9.97 Å². The lowest BCUT2D eigenvalue weighted by Crippen LogP contribution is -2.27. The maximum atomic E-state index is 12.0. The van der Waals surface area contributed by atoms with Crippen LogP contribution in [0.15, 0.2) is 33.4 Å². The van der Waals surface area contributed by atoms with Gasteiger partial charge in [-0.15, -0.1) is 0 Å². The number of hydrogen-bond donors (Lipinski definition) is 1. The molecule has 1 saturated heterocycles. The van der Waals surface area contributed by atoms with Gasteiger partial charge in [-0.3, -0.25) is 14.8 Å². The molecule has 1 unspecified atom stereocenters. The molecule has 1 aromatic heterocycles. The minimum absolute atomic E-state index is 0.210. The smallest absolute Gasteiger partial charge is 0.294 e. The highest BCUT2D eigenvalue weighted by atomic mass is 32.2. The molecule has 0 aliphatic carbocycles. The van der Waals surface area contributed by atoms with Gasteiger partial charge < -0.3 is 9.47 Å². The Morgan fingerprint density at radius 1 is 1.54 bits per heavy atom. The van der Waals surface area contributed by atoms with Crippen LogP contribution >= 0.6 is 11.8 Å². The third-order valence-electron chi connectivity index (χ3n) is 3.44. The number of nitrogens with zero attached hydrogens (tertiary/aromatic N) is 2. The zero-order valence-corrected chi connectivity index (χ0v) is 14.9. The van der Waals surface area contributed by atoms with Crippen LogP contribution in [0.3, 0.4) is 0 Å². The van der Waals surface area contributed by atoms with Crippen LogP contribution in [0.4, 0.5) is 0 Å². The van der Waals surface area contributed by atoms with Gasteiger partial charge in [-0.25, -0.2) is 4.98 Å². The zero-order chi connectivity index (χ0) is 17.0. The topological polar surface area (TPSA) is 76.6 Å². The molecule has 24 heavy (non-hydrogen) atoms. The van der Waals surface area contributed by atoms with Crippen molar-refractivity contribution < 1.29 is 9.47 Å². The number of rotatable bonds is 9. The molecule has 2 rings (SSSR count). The molecule has 0 aromatic carbocycles. The first kappa shape index (κ1) is 18.7. The summed E-state index contributed by atoms with van der Waals surface area (Å²) in [5.74, 6) is 0.905. The van der Waals surface area contributed by atoms with Gasteiger partial charge in [-0.2, -0.15) is 0 Å². The van der Waals surface area contributed by atoms with Gasteiger partial charge in [0.05, 0.1) is 12.8 Å². The first-order chi connectivity index (χ1) is 11.8. The lowest BCUT2D eigenvalue weighted by atomic mass is 10.2. The number of unbranched alkanes of at least 4 members (excludes halogenated alkanes) is 2. The van der Waals surface area contributed by atoms with E-state index in [4.69, 9.17) is 9.47 Å². The number of aliphatic imine (C=N–C) groups is 1. The molecule has 6 nitrogen and oxygen atoms in total. The van der Waals surface area contributed by atoms with Crippen molar-refractivity contribution >= 4 is 18.0 Å². The van der Waals surface area contributed by atoms with Gasteiger partial charge in [-0.05, 0) is 25.7 Å². The van der Waals surface area contributed by atoms with Crippen LogP contribution in [0.5, 0.6) is 5.75 Å². The van der Waals surface area contributed by atoms with Crippen LogP contribution in [0.25, 0.3) is 0 Å². The van der Waals surface area contributed by atoms with Crippen molar-refractivity contribution in [2.75, 3.05) is 12.4 Å². The molecule has 1 aromatic rings. The van der Waals surface area contributed by atoms with Crippen molar-refractivity contribution in [3.05, 3.63) is 28.8 Å². The van der Waals surface area contributed by atoms with Gasteiger partial charge in [0.25, 0.3) is 5.56 Å². The summed E-state index contributed by atoms with van der Waals surface area (Å²) in [5, 5.41) is 0.566. The number of ether oxygens (including phenoxy) is 2. The Hall–Kier alpha value is -1.60. The summed E-state index contributed by atoms with van der Waals surface area (Å²) in [4.78, 5) is 23.2. The predicted octanol–water partition coefficient (Wildman–Crippen LogP) is 3.54. The Labute approximate surface area is 146 Å². The molecule has 1 atom stereocenters. The highest BCUT2D eigenvalue weighted by molar-refractivity contribution is 7.99. The van der Waals surface area contributed by atoms with E-state index < -0.39 is 0 Å². The monoisotopic (exact) mass is 351 g/mol. The van der Waals surface area contributed by atoms with Gasteiger partial charge in [0.15, 0.2) is 11.4 Å². The van der Waals surface area contributed by atoms with Crippen molar-refractivity contribution in [3.8, 4) is 5.75 Å². The van der Waals surface area contributed by atoms with E-state index in [0.29, 0.717) is 17.5 Å². The molecular weight excluding hydrogens is 326 g/mol. The Morgan fingerprint density at radius 3 is 3.21 bits per heavy atom. The minimum Gasteiger partial charge on any atom is -0.458 e. The molecular formula is C17H25N3O3S. The molecule has 1 fully saturated rings. The second-order valence-electron chi connectivity index (χ2n) is 5.47. The predicted molar refractivity (Wildman–Crippen MR) is 97.0 cm³/mol. The fourth-order valence-corrected chi connectivity index (χ4v) is 2.76. The van der Waals surface area contributed by atoms with E-state index in [1.807, 2.05) is 12.3 Å². The first-order valence-electron chi connectivity index (χ1n) is 8.46. The molecule has 0 spiro atoms. The van der Waals surface area contributed by atoms with Crippen LogP contribution in [0.1, 0.15) is 45.4 Å². The van der Waals surface area contributed by atoms with Crippen LogP contribution in [-0.4, -0.2) is 34.8 Å². The molecule has 1 aliphatic heterocycles. The van der Waals surface area contributed by atoms with E-state index in [-0.39, 0.29) is 17.6 Å². The highest BCUT2D eigenvalue weighted by Crippen LogP contribution is 2.17. The molecule has 0 bridgehead atoms. The van der Waals surface area contributed by atoms with Crippen LogP contribution < -0.4 is 10.3 Å². The molecule has 7 heteroatoms. The summed E-state index contributed by atoms with van der Waals surface area (Å²) in [7, 11) is 0. The largest absolute Gasteiger partial charge is 0.458 e. The lowest BCUT2D eigenvalue weighted by Gasteiger charge is -2.22. The SMILES string of the molecule is CCCCC=N/C=C/CSc1ncc(OC2CCCCO2)c(=O)[nH]1. The van der Waals surface area contributed by atoms with Gasteiger partial charge in [0.1, 0.15) is 0 Å². The molecule has 0 amide bonds. The van der Waals surface area contributed by atoms with Gasteiger partial charge in [0, 0.05) is 24.6 Å². The third-order valence-corrected chi connectivity index (χ3v) is 4.28. The average Bonchev–Trinajstić information content (AvgIpc) is 2.60. The van der Waals surface area contributed by atoms with Crippen LogP contribution in [0, 0.1) is 0 Å². The fourth-order valence-electron chi connectivity index (χ4n) is 2.13. The number of thioether (sulfide) groups is 1. The molecule has 132 valence electrons. The van der Waals surface area contributed by atoms with Crippen molar-refractivity contribution in [2.24, 2.45) is 4.99 Å². The maximum Gasteiger partial charge on any atom is 0.294 e. The minimum atomic E-state index is -0.339. The summed E-state index contributed by atoms with van der Waals surface area (Å²) < 4.78 is 11.0. The summed E-state index contributed by atoms with van der Waals surface area (Å²) in [6.07, 6.45) is 13.0. The Morgan fingerprint density at radius 2 is 2.46 bits per heavy atom. The van der Waals surface area contributed by atoms with E-state index in [9.17, 15) is 4.79 Å². The number of aromatic amines is 1. The van der Waals surface area contributed by atoms with Crippen molar-refractivity contribution in [1.29, 1.82) is 0 Å². The summed E-state index contributed by atoms with van der Waals surface area (Å²) in [6.45, 7) is 2.84. The standard InChI is InChI=1S/C17H25N3O3S/c1-2-3-5-9-18-10-7-12-24-17-19-13-14(16(21)20-17)23-15-8-4-6-11-22-15/h7,9-10,13,15H,2-6,8,11-12H2,1H3,(H,19,20,21)/b10-7+,18-9?. The first-order valence-corrected chi connectivity index (χ1v) is 9.45. The molecule has 0 saturated carbocycles. The van der Waals surface area contributed by atoms with Crippen LogP contribution in [-0.2, 0) is 4.74 Å². The van der Waals surface area contributed by atoms with E-state index in [0.717, 1.165) is 32.1 Å². The van der Waals surface area contributed by atoms with Gasteiger partial charge in [-0.1, -0.05) is 31.2 Å². The molecule has 1 aliphatic rings. The number of aromatic nitrogens is 2. The van der Waals surface area contributed by atoms with E-state index in [1.54, 1.807) is 6.20 Å². The van der Waals surface area contributed by atoms with Gasteiger partial charge in [0.2, 0.25) is 5.75 Å². The highest BCUT2D eigenvalue weighted by Gasteiger charge is 2.17. The summed E-state index contributed by atoms with van der Waals surface area (Å²) in [5.41, 5.74) is -0.275. The zero-order valence-electron chi connectivity index (χ0n) is 14.1. The second-order valence-corrected chi connectivity index (χ2v) is 6.47. The van der Waals surface area contributed by atoms with Gasteiger partial charge >= 0.3 is 0 Å². The fraction of sp³-hybridized carbons (Fsp3) is 0.588. The Kier molecular flexibility index (Phi) is 8.62. The van der Waals surface area contributed by atoms with E-state index in [1.165, 1.54) is 24.4 Å². The normalized spacial score (nSPS) is 18.5. The van der Waals surface area contributed by atoms with Crippen LogP contribution in [0.2, 0.25) is 0 Å². The molecule has 1 N–H and O–H groups in total. The number of hydrogen-bond acceptors (Lipinski definition) is 6. The Bertz CT molecular complexity index is 595. The Balaban J connectivity index is 1.76. The average molecular weight is 351 g/mol. The quantitative estimate of drug-likeness (QED) is 0.319. The lowest BCUT2D eigenvalue weighted by molar-refractivity contribution is -0.106. The third kappa shape index (κ3) is 6.88. The van der Waals surface area contributed by atoms with E-state index in [2.05, 4.69) is 21.9 Å². The summed E-state index contributed by atoms with van der Waals surface area (Å²) in [6, 6.07) is 0. The number of H-pyrrole nitrogens is 1. The molecule has 0 radical (unpaired) electrons.